The highest BCUT2D eigenvalue weighted by molar-refractivity contribution is 9.10. The van der Waals surface area contributed by atoms with E-state index in [-0.39, 0.29) is 18.4 Å². The normalized spacial score (nSPS) is 11.8. The van der Waals surface area contributed by atoms with Crippen molar-refractivity contribution < 1.29 is 14.3 Å². The van der Waals surface area contributed by atoms with E-state index in [0.717, 1.165) is 10.0 Å². The second kappa shape index (κ2) is 12.0. The summed E-state index contributed by atoms with van der Waals surface area (Å²) in [4.78, 5) is 27.5. The maximum Gasteiger partial charge on any atom is 0.261 e. The summed E-state index contributed by atoms with van der Waals surface area (Å²) in [6.45, 7) is 6.64. The standard InChI is InChI=1S/C23H28BrClN2O3/c1-4-20(23(29)26-13-16(2)3)27(14-17-8-6-5-7-9-17)22(28)15-30-21-11-10-18(24)12-19(21)25/h5-12,16,20H,4,13-15H2,1-3H3,(H,26,29)/t20-/m1/s1. The van der Waals surface area contributed by atoms with Gasteiger partial charge in [-0.05, 0) is 36.1 Å². The molecule has 2 aromatic rings. The Morgan fingerprint density at radius 2 is 1.87 bits per heavy atom. The molecule has 0 aliphatic carbocycles. The number of carbonyl (C=O) groups is 2. The number of rotatable bonds is 10. The molecule has 0 fully saturated rings. The van der Waals surface area contributed by atoms with Crippen molar-refractivity contribution in [2.45, 2.75) is 39.8 Å². The van der Waals surface area contributed by atoms with Crippen molar-refractivity contribution in [3.8, 4) is 5.75 Å². The summed E-state index contributed by atoms with van der Waals surface area (Å²) < 4.78 is 6.49. The van der Waals surface area contributed by atoms with Crippen LogP contribution in [0.5, 0.6) is 5.75 Å². The van der Waals surface area contributed by atoms with Crippen LogP contribution in [0.25, 0.3) is 0 Å². The zero-order valence-electron chi connectivity index (χ0n) is 17.5. The number of nitrogens with one attached hydrogen (secondary N) is 1. The van der Waals surface area contributed by atoms with Crippen LogP contribution in [0.3, 0.4) is 0 Å². The molecule has 0 saturated heterocycles. The second-order valence-corrected chi connectivity index (χ2v) is 8.76. The minimum atomic E-state index is -0.583. The van der Waals surface area contributed by atoms with Gasteiger partial charge in [-0.15, -0.1) is 0 Å². The molecule has 162 valence electrons. The smallest absolute Gasteiger partial charge is 0.261 e. The maximum atomic E-state index is 13.1. The molecule has 7 heteroatoms. The van der Waals surface area contributed by atoms with Gasteiger partial charge in [-0.3, -0.25) is 9.59 Å². The van der Waals surface area contributed by atoms with Crippen molar-refractivity contribution in [1.29, 1.82) is 0 Å². The molecule has 0 aromatic heterocycles. The lowest BCUT2D eigenvalue weighted by molar-refractivity contribution is -0.143. The van der Waals surface area contributed by atoms with Crippen LogP contribution in [-0.4, -0.2) is 35.9 Å². The summed E-state index contributed by atoms with van der Waals surface area (Å²) in [6.07, 6.45) is 0.502. The summed E-state index contributed by atoms with van der Waals surface area (Å²) in [7, 11) is 0. The predicted molar refractivity (Wildman–Crippen MR) is 124 cm³/mol. The van der Waals surface area contributed by atoms with Crippen LogP contribution in [-0.2, 0) is 16.1 Å². The Labute approximate surface area is 191 Å². The average Bonchev–Trinajstić information content (AvgIpc) is 2.72. The number of benzene rings is 2. The van der Waals surface area contributed by atoms with Crippen molar-refractivity contribution in [3.63, 3.8) is 0 Å². The summed E-state index contributed by atoms with van der Waals surface area (Å²) >= 11 is 9.54. The van der Waals surface area contributed by atoms with Crippen LogP contribution in [0.1, 0.15) is 32.8 Å². The summed E-state index contributed by atoms with van der Waals surface area (Å²) in [5, 5.41) is 3.35. The SMILES string of the molecule is CC[C@H](C(=O)NCC(C)C)N(Cc1ccccc1)C(=O)COc1ccc(Br)cc1Cl. The Morgan fingerprint density at radius 3 is 2.47 bits per heavy atom. The summed E-state index contributed by atoms with van der Waals surface area (Å²) in [5.74, 6) is 0.319. The predicted octanol–water partition coefficient (Wildman–Crippen LogP) is 5.06. The van der Waals surface area contributed by atoms with Gasteiger partial charge in [0.1, 0.15) is 11.8 Å². The monoisotopic (exact) mass is 494 g/mol. The third-order valence-corrected chi connectivity index (χ3v) is 5.30. The van der Waals surface area contributed by atoms with Crippen LogP contribution in [0.4, 0.5) is 0 Å². The highest BCUT2D eigenvalue weighted by Crippen LogP contribution is 2.27. The van der Waals surface area contributed by atoms with Gasteiger partial charge in [0.15, 0.2) is 6.61 Å². The van der Waals surface area contributed by atoms with Gasteiger partial charge in [-0.1, -0.05) is 78.6 Å². The van der Waals surface area contributed by atoms with E-state index in [1.807, 2.05) is 51.1 Å². The Morgan fingerprint density at radius 1 is 1.17 bits per heavy atom. The van der Waals surface area contributed by atoms with E-state index in [0.29, 0.717) is 36.2 Å². The summed E-state index contributed by atoms with van der Waals surface area (Å²) in [5.41, 5.74) is 0.947. The molecule has 2 amide bonds. The van der Waals surface area contributed by atoms with Gasteiger partial charge in [-0.25, -0.2) is 0 Å². The molecule has 0 radical (unpaired) electrons. The van der Waals surface area contributed by atoms with Crippen LogP contribution in [0.2, 0.25) is 5.02 Å². The van der Waals surface area contributed by atoms with Crippen LogP contribution in [0, 0.1) is 5.92 Å². The van der Waals surface area contributed by atoms with Gasteiger partial charge < -0.3 is 15.0 Å². The van der Waals surface area contributed by atoms with E-state index in [2.05, 4.69) is 21.2 Å². The number of hydrogen-bond donors (Lipinski definition) is 1. The van der Waals surface area contributed by atoms with Crippen molar-refractivity contribution in [2.24, 2.45) is 5.92 Å². The fraction of sp³-hybridized carbons (Fsp3) is 0.391. The molecule has 1 atom stereocenters. The van der Waals surface area contributed by atoms with Crippen molar-refractivity contribution in [1.82, 2.24) is 10.2 Å². The van der Waals surface area contributed by atoms with E-state index in [1.54, 1.807) is 23.1 Å². The highest BCUT2D eigenvalue weighted by atomic mass is 79.9. The minimum Gasteiger partial charge on any atom is -0.482 e. The average molecular weight is 496 g/mol. The third kappa shape index (κ3) is 7.33. The molecule has 0 aliphatic rings. The Hall–Kier alpha value is -2.05. The zero-order valence-corrected chi connectivity index (χ0v) is 19.9. The second-order valence-electron chi connectivity index (χ2n) is 7.43. The first-order valence-electron chi connectivity index (χ1n) is 10.0. The van der Waals surface area contributed by atoms with Gasteiger partial charge in [0.2, 0.25) is 5.91 Å². The first kappa shape index (κ1) is 24.2. The maximum absolute atomic E-state index is 13.1. The number of amides is 2. The quantitative estimate of drug-likeness (QED) is 0.501. The first-order valence-corrected chi connectivity index (χ1v) is 11.2. The molecule has 0 spiro atoms. The number of hydrogen-bond acceptors (Lipinski definition) is 3. The van der Waals surface area contributed by atoms with Crippen molar-refractivity contribution >= 4 is 39.3 Å². The number of carbonyl (C=O) groups excluding carboxylic acids is 2. The first-order chi connectivity index (χ1) is 14.3. The largest absolute Gasteiger partial charge is 0.482 e. The fourth-order valence-electron chi connectivity index (χ4n) is 2.94. The topological polar surface area (TPSA) is 58.6 Å². The highest BCUT2D eigenvalue weighted by Gasteiger charge is 2.29. The lowest BCUT2D eigenvalue weighted by atomic mass is 10.1. The molecule has 1 N–H and O–H groups in total. The van der Waals surface area contributed by atoms with E-state index < -0.39 is 6.04 Å². The van der Waals surface area contributed by atoms with E-state index in [1.165, 1.54) is 0 Å². The molecule has 0 saturated carbocycles. The number of halogens is 2. The van der Waals surface area contributed by atoms with Gasteiger partial charge in [0.05, 0.1) is 5.02 Å². The van der Waals surface area contributed by atoms with E-state index in [9.17, 15) is 9.59 Å². The zero-order chi connectivity index (χ0) is 22.1. The van der Waals surface area contributed by atoms with E-state index >= 15 is 0 Å². The van der Waals surface area contributed by atoms with Gasteiger partial charge in [0, 0.05) is 17.6 Å². The molecule has 0 bridgehead atoms. The Kier molecular flexibility index (Phi) is 9.66. The lowest BCUT2D eigenvalue weighted by Crippen LogP contribution is -2.50. The Bertz CT molecular complexity index is 846. The summed E-state index contributed by atoms with van der Waals surface area (Å²) in [6, 6.07) is 14.2. The molecule has 30 heavy (non-hydrogen) atoms. The molecule has 2 aromatic carbocycles. The number of ether oxygens (including phenoxy) is 1. The Balaban J connectivity index is 2.18. The third-order valence-electron chi connectivity index (χ3n) is 4.51. The number of nitrogens with zero attached hydrogens (tertiary/aromatic N) is 1. The minimum absolute atomic E-state index is 0.155. The molecule has 0 aliphatic heterocycles. The van der Waals surface area contributed by atoms with Crippen molar-refractivity contribution in [3.05, 3.63) is 63.6 Å². The molecular formula is C23H28BrClN2O3. The molecule has 5 nitrogen and oxygen atoms in total. The molecular weight excluding hydrogens is 468 g/mol. The van der Waals surface area contributed by atoms with Crippen molar-refractivity contribution in [2.75, 3.05) is 13.2 Å². The molecule has 2 rings (SSSR count). The van der Waals surface area contributed by atoms with Gasteiger partial charge in [0.25, 0.3) is 5.91 Å². The molecule has 0 unspecified atom stereocenters. The van der Waals surface area contributed by atoms with Crippen LogP contribution < -0.4 is 10.1 Å². The van der Waals surface area contributed by atoms with Gasteiger partial charge in [-0.2, -0.15) is 0 Å². The van der Waals surface area contributed by atoms with Crippen LogP contribution in [0.15, 0.2) is 53.0 Å². The van der Waals surface area contributed by atoms with Crippen LogP contribution >= 0.6 is 27.5 Å². The van der Waals surface area contributed by atoms with Gasteiger partial charge >= 0.3 is 0 Å². The fourth-order valence-corrected chi connectivity index (χ4v) is 3.66. The van der Waals surface area contributed by atoms with E-state index in [4.69, 9.17) is 16.3 Å². The lowest BCUT2D eigenvalue weighted by Gasteiger charge is -2.30. The molecule has 0 heterocycles.